The number of nitrogen functional groups attached to an aromatic ring is 1. The van der Waals surface area contributed by atoms with Gasteiger partial charge in [-0.1, -0.05) is 13.8 Å². The molecule has 1 saturated carbocycles. The SMILES string of the molecule is C/C(=C\C(=O)O)c1c(OC2CCC(NC(=O)OC(C)(C)C)CC2)ccc2c1CC(C)(C)c1c(N)ncnc1-2. The number of amides is 1. The number of carbonyl (C=O) groups is 2. The highest BCUT2D eigenvalue weighted by atomic mass is 16.6. The second kappa shape index (κ2) is 10.3. The zero-order valence-electron chi connectivity index (χ0n) is 23.1. The van der Waals surface area contributed by atoms with Crippen LogP contribution in [0.3, 0.4) is 0 Å². The predicted molar refractivity (Wildman–Crippen MR) is 146 cm³/mol. The predicted octanol–water partition coefficient (Wildman–Crippen LogP) is 5.26. The standard InChI is InChI=1S/C29H38N4O5/c1-16(13-22(34)35)23-20-14-29(5,6)24-25(31-15-32-26(24)30)19(20)11-12-21(23)37-18-9-7-17(8-10-18)33-27(36)38-28(2,3)4/h11-13,15,17-18H,7-10,14H2,1-6H3,(H,33,36)(H,34,35)(H2,30,31,32)/b16-13+. The van der Waals surface area contributed by atoms with Crippen LogP contribution in [-0.4, -0.2) is 44.9 Å². The summed E-state index contributed by atoms with van der Waals surface area (Å²) in [5.74, 6) is 0.104. The van der Waals surface area contributed by atoms with Crippen LogP contribution in [0.4, 0.5) is 10.6 Å². The topological polar surface area (TPSA) is 137 Å². The number of allylic oxidation sites excluding steroid dienone is 1. The molecule has 0 saturated heterocycles. The number of nitrogens with zero attached hydrogens (tertiary/aromatic N) is 2. The molecule has 2 aliphatic rings. The van der Waals surface area contributed by atoms with E-state index in [0.29, 0.717) is 23.6 Å². The van der Waals surface area contributed by atoms with E-state index in [2.05, 4.69) is 29.1 Å². The Hall–Kier alpha value is -3.62. The van der Waals surface area contributed by atoms with Gasteiger partial charge in [0.25, 0.3) is 0 Å². The third kappa shape index (κ3) is 5.92. The minimum absolute atomic E-state index is 0.0313. The lowest BCUT2D eigenvalue weighted by Crippen LogP contribution is -2.42. The van der Waals surface area contributed by atoms with Crippen LogP contribution in [-0.2, 0) is 21.4 Å². The number of rotatable bonds is 5. The number of hydrogen-bond acceptors (Lipinski definition) is 7. The fourth-order valence-electron chi connectivity index (χ4n) is 5.60. The number of fused-ring (bicyclic) bond motifs is 3. The normalized spacial score (nSPS) is 20.6. The average Bonchev–Trinajstić information content (AvgIpc) is 2.78. The Labute approximate surface area is 223 Å². The Morgan fingerprint density at radius 3 is 2.47 bits per heavy atom. The number of carboxylic acid groups (broad SMARTS) is 1. The number of ether oxygens (including phenoxy) is 2. The van der Waals surface area contributed by atoms with E-state index in [1.54, 1.807) is 6.92 Å². The van der Waals surface area contributed by atoms with Crippen molar-refractivity contribution >= 4 is 23.5 Å². The average molecular weight is 523 g/mol. The highest BCUT2D eigenvalue weighted by Crippen LogP contribution is 2.48. The van der Waals surface area contributed by atoms with E-state index in [-0.39, 0.29) is 17.6 Å². The first kappa shape index (κ1) is 27.4. The van der Waals surface area contributed by atoms with Gasteiger partial charge in [0.15, 0.2) is 0 Å². The van der Waals surface area contributed by atoms with Gasteiger partial charge in [0.05, 0.1) is 11.8 Å². The summed E-state index contributed by atoms with van der Waals surface area (Å²) in [5.41, 5.74) is 10.4. The molecule has 204 valence electrons. The molecular weight excluding hydrogens is 484 g/mol. The number of alkyl carbamates (subject to hydrolysis) is 1. The Bertz CT molecular complexity index is 1270. The molecule has 9 nitrogen and oxygen atoms in total. The zero-order chi connectivity index (χ0) is 27.8. The molecule has 4 rings (SSSR count). The number of aliphatic carboxylic acids is 1. The third-order valence-electron chi connectivity index (χ3n) is 7.12. The van der Waals surface area contributed by atoms with Gasteiger partial charge < -0.3 is 25.6 Å². The molecule has 1 amide bonds. The first-order valence-corrected chi connectivity index (χ1v) is 13.1. The Kier molecular flexibility index (Phi) is 7.41. The molecule has 2 aliphatic carbocycles. The number of carbonyl (C=O) groups excluding carboxylic acids is 1. The lowest BCUT2D eigenvalue weighted by molar-refractivity contribution is -0.131. The molecule has 38 heavy (non-hydrogen) atoms. The number of anilines is 1. The smallest absolute Gasteiger partial charge is 0.407 e. The second-order valence-corrected chi connectivity index (χ2v) is 11.9. The van der Waals surface area contributed by atoms with Gasteiger partial charge in [0.1, 0.15) is 23.5 Å². The molecule has 9 heteroatoms. The largest absolute Gasteiger partial charge is 0.490 e. The second-order valence-electron chi connectivity index (χ2n) is 11.9. The van der Waals surface area contributed by atoms with Gasteiger partial charge in [-0.15, -0.1) is 0 Å². The molecule has 0 bridgehead atoms. The van der Waals surface area contributed by atoms with Gasteiger partial charge >= 0.3 is 12.1 Å². The molecule has 0 radical (unpaired) electrons. The van der Waals surface area contributed by atoms with E-state index in [0.717, 1.165) is 53.6 Å². The summed E-state index contributed by atoms with van der Waals surface area (Å²) in [6.07, 6.45) is 5.93. The van der Waals surface area contributed by atoms with Gasteiger partial charge in [0.2, 0.25) is 0 Å². The van der Waals surface area contributed by atoms with Crippen LogP contribution in [0.5, 0.6) is 5.75 Å². The van der Waals surface area contributed by atoms with Gasteiger partial charge in [-0.05, 0) is 88.5 Å². The van der Waals surface area contributed by atoms with E-state index in [9.17, 15) is 14.7 Å². The summed E-state index contributed by atoms with van der Waals surface area (Å²) in [6, 6.07) is 3.92. The maximum Gasteiger partial charge on any atom is 0.407 e. The fraction of sp³-hybridized carbons (Fsp3) is 0.517. The molecule has 4 N–H and O–H groups in total. The lowest BCUT2D eigenvalue weighted by Gasteiger charge is -2.36. The Balaban J connectivity index is 1.62. The molecule has 1 aromatic carbocycles. The Morgan fingerprint density at radius 2 is 1.84 bits per heavy atom. The molecular formula is C29H38N4O5. The minimum Gasteiger partial charge on any atom is -0.490 e. The van der Waals surface area contributed by atoms with Gasteiger partial charge in [0, 0.05) is 28.8 Å². The number of benzene rings is 1. The molecule has 2 aromatic rings. The first-order chi connectivity index (χ1) is 17.7. The fourth-order valence-corrected chi connectivity index (χ4v) is 5.60. The van der Waals surface area contributed by atoms with E-state index >= 15 is 0 Å². The van der Waals surface area contributed by atoms with Gasteiger partial charge in [-0.2, -0.15) is 0 Å². The number of carboxylic acids is 1. The first-order valence-electron chi connectivity index (χ1n) is 13.1. The Morgan fingerprint density at radius 1 is 1.16 bits per heavy atom. The monoisotopic (exact) mass is 522 g/mol. The quantitative estimate of drug-likeness (QED) is 0.452. The summed E-state index contributed by atoms with van der Waals surface area (Å²) in [6.45, 7) is 11.5. The highest BCUT2D eigenvalue weighted by molar-refractivity contribution is 5.93. The molecule has 1 heterocycles. The highest BCUT2D eigenvalue weighted by Gasteiger charge is 2.37. The van der Waals surface area contributed by atoms with Crippen molar-refractivity contribution < 1.29 is 24.2 Å². The number of nitrogens with one attached hydrogen (secondary N) is 1. The summed E-state index contributed by atoms with van der Waals surface area (Å²) in [7, 11) is 0. The van der Waals surface area contributed by atoms with Crippen molar-refractivity contribution in [3.63, 3.8) is 0 Å². The summed E-state index contributed by atoms with van der Waals surface area (Å²) >= 11 is 0. The van der Waals surface area contributed by atoms with Crippen LogP contribution >= 0.6 is 0 Å². The number of aromatic nitrogens is 2. The molecule has 1 aromatic heterocycles. The molecule has 0 atom stereocenters. The van der Waals surface area contributed by atoms with Crippen molar-refractivity contribution in [3.05, 3.63) is 41.2 Å². The number of nitrogens with two attached hydrogens (primary N) is 1. The van der Waals surface area contributed by atoms with Crippen LogP contribution in [0, 0.1) is 0 Å². The van der Waals surface area contributed by atoms with Gasteiger partial charge in [-0.3, -0.25) is 0 Å². The van der Waals surface area contributed by atoms with Crippen molar-refractivity contribution in [1.29, 1.82) is 0 Å². The van der Waals surface area contributed by atoms with Crippen LogP contribution in [0.15, 0.2) is 24.5 Å². The minimum atomic E-state index is -1.01. The maximum atomic E-state index is 12.2. The van der Waals surface area contributed by atoms with Crippen molar-refractivity contribution in [3.8, 4) is 17.0 Å². The molecule has 0 aliphatic heterocycles. The van der Waals surface area contributed by atoms with E-state index in [4.69, 9.17) is 15.2 Å². The van der Waals surface area contributed by atoms with E-state index < -0.39 is 17.7 Å². The van der Waals surface area contributed by atoms with E-state index in [1.807, 2.05) is 32.9 Å². The summed E-state index contributed by atoms with van der Waals surface area (Å²) in [4.78, 5) is 32.6. The van der Waals surface area contributed by atoms with Crippen LogP contribution in [0.2, 0.25) is 0 Å². The third-order valence-corrected chi connectivity index (χ3v) is 7.12. The van der Waals surface area contributed by atoms with Crippen LogP contribution in [0.1, 0.15) is 83.9 Å². The maximum absolute atomic E-state index is 12.2. The van der Waals surface area contributed by atoms with Crippen molar-refractivity contribution in [2.24, 2.45) is 0 Å². The molecule has 0 spiro atoms. The number of hydrogen-bond donors (Lipinski definition) is 3. The lowest BCUT2D eigenvalue weighted by atomic mass is 9.70. The molecule has 1 fully saturated rings. The van der Waals surface area contributed by atoms with Crippen LogP contribution in [0.25, 0.3) is 16.8 Å². The van der Waals surface area contributed by atoms with Crippen molar-refractivity contribution in [1.82, 2.24) is 15.3 Å². The van der Waals surface area contributed by atoms with Crippen molar-refractivity contribution in [2.45, 2.75) is 96.8 Å². The van der Waals surface area contributed by atoms with Crippen molar-refractivity contribution in [2.75, 3.05) is 5.73 Å². The summed E-state index contributed by atoms with van der Waals surface area (Å²) in [5, 5.41) is 12.5. The molecule has 0 unspecified atom stereocenters. The summed E-state index contributed by atoms with van der Waals surface area (Å²) < 4.78 is 11.9. The van der Waals surface area contributed by atoms with Crippen LogP contribution < -0.4 is 15.8 Å². The van der Waals surface area contributed by atoms with E-state index in [1.165, 1.54) is 12.4 Å². The zero-order valence-corrected chi connectivity index (χ0v) is 23.1. The van der Waals surface area contributed by atoms with Gasteiger partial charge in [-0.25, -0.2) is 19.6 Å².